The van der Waals surface area contributed by atoms with E-state index in [1.807, 2.05) is 0 Å². The summed E-state index contributed by atoms with van der Waals surface area (Å²) in [5.74, 6) is 2.99. The number of hydrogen-bond acceptors (Lipinski definition) is 2. The second kappa shape index (κ2) is 5.46. The third kappa shape index (κ3) is 2.72. The summed E-state index contributed by atoms with van der Waals surface area (Å²) in [7, 11) is 0. The van der Waals surface area contributed by atoms with Crippen LogP contribution in [0, 0.1) is 23.2 Å². The van der Waals surface area contributed by atoms with Gasteiger partial charge >= 0.3 is 0 Å². The van der Waals surface area contributed by atoms with Crippen molar-refractivity contribution < 1.29 is 13.9 Å². The number of rotatable bonds is 7. The molecule has 4 fully saturated rings. The molecule has 0 amide bonds. The van der Waals surface area contributed by atoms with Crippen LogP contribution in [-0.4, -0.2) is 26.7 Å². The minimum atomic E-state index is -0.672. The van der Waals surface area contributed by atoms with Crippen LogP contribution in [0.4, 0.5) is 4.39 Å². The SMILES string of the molecule is FCOCCCOCC12CC3CC(CC(C3)C1)C2. The maximum absolute atomic E-state index is 11.7. The largest absolute Gasteiger partial charge is 0.381 e. The molecule has 18 heavy (non-hydrogen) atoms. The van der Waals surface area contributed by atoms with Crippen molar-refractivity contribution in [2.75, 3.05) is 26.7 Å². The molecule has 3 heteroatoms. The highest BCUT2D eigenvalue weighted by atomic mass is 19.1. The minimum absolute atomic E-state index is 0.484. The zero-order valence-corrected chi connectivity index (χ0v) is 11.2. The molecule has 0 unspecified atom stereocenters. The highest BCUT2D eigenvalue weighted by Gasteiger charge is 2.50. The van der Waals surface area contributed by atoms with Gasteiger partial charge in [0.05, 0.1) is 13.2 Å². The number of hydrogen-bond donors (Lipinski definition) is 0. The van der Waals surface area contributed by atoms with Crippen LogP contribution in [0.25, 0.3) is 0 Å². The third-order valence-corrected chi connectivity index (χ3v) is 5.23. The van der Waals surface area contributed by atoms with Crippen LogP contribution in [0.15, 0.2) is 0 Å². The maximum atomic E-state index is 11.7. The molecule has 0 radical (unpaired) electrons. The normalized spacial score (nSPS) is 41.5. The summed E-state index contributed by atoms with van der Waals surface area (Å²) in [6.07, 6.45) is 9.49. The average molecular weight is 256 g/mol. The minimum Gasteiger partial charge on any atom is -0.381 e. The maximum Gasteiger partial charge on any atom is 0.188 e. The molecule has 4 rings (SSSR count). The Labute approximate surface area is 109 Å². The molecule has 104 valence electrons. The van der Waals surface area contributed by atoms with Gasteiger partial charge in [0.15, 0.2) is 6.86 Å². The molecule has 0 aliphatic heterocycles. The third-order valence-electron chi connectivity index (χ3n) is 5.23. The summed E-state index contributed by atoms with van der Waals surface area (Å²) in [5, 5.41) is 0. The lowest BCUT2D eigenvalue weighted by atomic mass is 9.50. The second-order valence-electron chi connectivity index (χ2n) is 6.84. The summed E-state index contributed by atoms with van der Waals surface area (Å²) in [6, 6.07) is 0. The molecule has 0 heterocycles. The first kappa shape index (κ1) is 12.9. The Morgan fingerprint density at radius 2 is 1.44 bits per heavy atom. The Balaban J connectivity index is 1.42. The number of alkyl halides is 1. The van der Waals surface area contributed by atoms with E-state index in [4.69, 9.17) is 4.74 Å². The van der Waals surface area contributed by atoms with Crippen molar-refractivity contribution in [1.29, 1.82) is 0 Å². The molecule has 2 nitrogen and oxygen atoms in total. The fourth-order valence-corrected chi connectivity index (χ4v) is 5.07. The zero-order chi connectivity index (χ0) is 12.4. The molecular weight excluding hydrogens is 231 g/mol. The molecule has 4 saturated carbocycles. The van der Waals surface area contributed by atoms with Crippen LogP contribution in [0.3, 0.4) is 0 Å². The van der Waals surface area contributed by atoms with E-state index < -0.39 is 6.86 Å². The summed E-state index contributed by atoms with van der Waals surface area (Å²) in [6.45, 7) is 1.47. The Morgan fingerprint density at radius 1 is 0.889 bits per heavy atom. The van der Waals surface area contributed by atoms with E-state index in [1.54, 1.807) is 0 Å². The van der Waals surface area contributed by atoms with Gasteiger partial charge in [-0.1, -0.05) is 0 Å². The zero-order valence-electron chi connectivity index (χ0n) is 11.2. The van der Waals surface area contributed by atoms with Crippen LogP contribution in [0.5, 0.6) is 0 Å². The fourth-order valence-electron chi connectivity index (χ4n) is 5.07. The van der Waals surface area contributed by atoms with Gasteiger partial charge in [0.2, 0.25) is 0 Å². The van der Waals surface area contributed by atoms with E-state index in [0.29, 0.717) is 12.0 Å². The van der Waals surface area contributed by atoms with Crippen LogP contribution >= 0.6 is 0 Å². The van der Waals surface area contributed by atoms with Gasteiger partial charge in [-0.2, -0.15) is 0 Å². The van der Waals surface area contributed by atoms with Crippen LogP contribution in [0.2, 0.25) is 0 Å². The van der Waals surface area contributed by atoms with E-state index in [0.717, 1.165) is 37.4 Å². The lowest BCUT2D eigenvalue weighted by molar-refractivity contribution is -0.0981. The molecule has 0 aromatic carbocycles. The van der Waals surface area contributed by atoms with Gasteiger partial charge in [0.1, 0.15) is 0 Å². The molecule has 0 aromatic rings. The molecule has 4 aliphatic rings. The van der Waals surface area contributed by atoms with Gasteiger partial charge in [0, 0.05) is 6.61 Å². The lowest BCUT2D eigenvalue weighted by Crippen LogP contribution is -2.48. The van der Waals surface area contributed by atoms with E-state index in [2.05, 4.69) is 4.74 Å². The number of halogens is 1. The van der Waals surface area contributed by atoms with E-state index in [9.17, 15) is 4.39 Å². The molecule has 0 aromatic heterocycles. The van der Waals surface area contributed by atoms with Crippen molar-refractivity contribution in [3.63, 3.8) is 0 Å². The molecule has 4 bridgehead atoms. The van der Waals surface area contributed by atoms with E-state index >= 15 is 0 Å². The molecule has 0 spiro atoms. The van der Waals surface area contributed by atoms with Gasteiger partial charge in [0.25, 0.3) is 0 Å². The molecule has 0 N–H and O–H groups in total. The summed E-state index contributed by atoms with van der Waals surface area (Å²) >= 11 is 0. The first-order valence-electron chi connectivity index (χ1n) is 7.51. The van der Waals surface area contributed by atoms with Gasteiger partial charge in [-0.15, -0.1) is 0 Å². The van der Waals surface area contributed by atoms with Gasteiger partial charge in [-0.05, 0) is 68.1 Å². The van der Waals surface area contributed by atoms with Crippen molar-refractivity contribution >= 4 is 0 Å². The summed E-state index contributed by atoms with van der Waals surface area (Å²) in [4.78, 5) is 0. The van der Waals surface area contributed by atoms with E-state index in [-0.39, 0.29) is 0 Å². The second-order valence-corrected chi connectivity index (χ2v) is 6.84. The van der Waals surface area contributed by atoms with Crippen molar-refractivity contribution in [3.05, 3.63) is 0 Å². The standard InChI is InChI=1S/C15H25FO2/c16-11-18-3-1-2-17-10-15-7-12-4-13(8-15)6-14(5-12)9-15/h12-14H,1-11H2. The molecule has 0 saturated heterocycles. The van der Waals surface area contributed by atoms with Gasteiger partial charge in [-0.25, -0.2) is 4.39 Å². The van der Waals surface area contributed by atoms with Crippen LogP contribution < -0.4 is 0 Å². The molecule has 0 atom stereocenters. The van der Waals surface area contributed by atoms with Crippen molar-refractivity contribution in [2.45, 2.75) is 44.9 Å². The van der Waals surface area contributed by atoms with Crippen molar-refractivity contribution in [3.8, 4) is 0 Å². The van der Waals surface area contributed by atoms with Crippen molar-refractivity contribution in [1.82, 2.24) is 0 Å². The summed E-state index contributed by atoms with van der Waals surface area (Å²) in [5.41, 5.74) is 0.510. The monoisotopic (exact) mass is 256 g/mol. The predicted molar refractivity (Wildman–Crippen MR) is 68.0 cm³/mol. The van der Waals surface area contributed by atoms with E-state index in [1.165, 1.54) is 38.5 Å². The smallest absolute Gasteiger partial charge is 0.188 e. The Bertz CT molecular complexity index is 244. The van der Waals surface area contributed by atoms with Gasteiger partial charge < -0.3 is 9.47 Å². The first-order chi connectivity index (χ1) is 8.80. The predicted octanol–water partition coefficient (Wildman–Crippen LogP) is 3.55. The van der Waals surface area contributed by atoms with Crippen LogP contribution in [0.1, 0.15) is 44.9 Å². The lowest BCUT2D eigenvalue weighted by Gasteiger charge is -2.56. The van der Waals surface area contributed by atoms with Gasteiger partial charge in [-0.3, -0.25) is 0 Å². The topological polar surface area (TPSA) is 18.5 Å². The Morgan fingerprint density at radius 3 is 2.00 bits per heavy atom. The Kier molecular flexibility index (Phi) is 3.90. The highest BCUT2D eigenvalue weighted by molar-refractivity contribution is 5.01. The Hall–Kier alpha value is -0.150. The summed E-state index contributed by atoms with van der Waals surface area (Å²) < 4.78 is 22.3. The molecular formula is C15H25FO2. The fraction of sp³-hybridized carbons (Fsp3) is 1.00. The first-order valence-corrected chi connectivity index (χ1v) is 7.51. The number of ether oxygens (including phenoxy) is 2. The average Bonchev–Trinajstić information content (AvgIpc) is 2.32. The van der Waals surface area contributed by atoms with Crippen molar-refractivity contribution in [2.24, 2.45) is 23.2 Å². The van der Waals surface area contributed by atoms with Crippen LogP contribution in [-0.2, 0) is 9.47 Å². The molecule has 4 aliphatic carbocycles. The highest BCUT2D eigenvalue weighted by Crippen LogP contribution is 2.59. The quantitative estimate of drug-likeness (QED) is 0.648.